The summed E-state index contributed by atoms with van der Waals surface area (Å²) in [6.45, 7) is 1.71. The zero-order valence-corrected chi connectivity index (χ0v) is 10.9. The van der Waals surface area contributed by atoms with E-state index in [1.54, 1.807) is 12.1 Å². The molecule has 0 saturated carbocycles. The molecule has 5 nitrogen and oxygen atoms in total. The first-order valence-electron chi connectivity index (χ1n) is 6.62. The van der Waals surface area contributed by atoms with Gasteiger partial charge in [-0.05, 0) is 24.1 Å². The van der Waals surface area contributed by atoms with Crippen LogP contribution in [0.4, 0.5) is 0 Å². The molecule has 20 heavy (non-hydrogen) atoms. The van der Waals surface area contributed by atoms with Gasteiger partial charge in [0.1, 0.15) is 6.04 Å². The van der Waals surface area contributed by atoms with Gasteiger partial charge in [0.05, 0.1) is 35.7 Å². The number of hydrazine groups is 1. The van der Waals surface area contributed by atoms with E-state index in [-0.39, 0.29) is 18.0 Å². The predicted molar refractivity (Wildman–Crippen MR) is 70.4 cm³/mol. The summed E-state index contributed by atoms with van der Waals surface area (Å²) in [6.07, 6.45) is 1.02. The van der Waals surface area contributed by atoms with E-state index in [2.05, 4.69) is 23.2 Å². The highest BCUT2D eigenvalue weighted by Crippen LogP contribution is 2.43. The molecule has 0 N–H and O–H groups in total. The van der Waals surface area contributed by atoms with E-state index in [4.69, 9.17) is 5.26 Å². The smallest absolute Gasteiger partial charge is 0.129 e. The van der Waals surface area contributed by atoms with Crippen LogP contribution in [0.2, 0.25) is 0 Å². The van der Waals surface area contributed by atoms with Gasteiger partial charge in [0, 0.05) is 13.1 Å². The summed E-state index contributed by atoms with van der Waals surface area (Å²) in [5.74, 6) is -0.353. The summed E-state index contributed by atoms with van der Waals surface area (Å²) >= 11 is 0. The van der Waals surface area contributed by atoms with Crippen LogP contribution < -0.4 is 0 Å². The Labute approximate surface area is 117 Å². The number of fused-ring (bicyclic) bond motifs is 1. The summed E-state index contributed by atoms with van der Waals surface area (Å²) in [5, 5.41) is 31.8. The fourth-order valence-corrected chi connectivity index (χ4v) is 3.22. The van der Waals surface area contributed by atoms with Gasteiger partial charge in [0.2, 0.25) is 0 Å². The molecule has 3 rings (SSSR count). The Kier molecular flexibility index (Phi) is 3.12. The Morgan fingerprint density at radius 3 is 2.25 bits per heavy atom. The van der Waals surface area contributed by atoms with E-state index in [1.807, 2.05) is 17.1 Å². The first-order chi connectivity index (χ1) is 9.80. The lowest BCUT2D eigenvalue weighted by molar-refractivity contribution is 0.0383. The number of benzene rings is 1. The van der Waals surface area contributed by atoms with Gasteiger partial charge in [-0.2, -0.15) is 15.8 Å². The molecule has 0 amide bonds. The second-order valence-electron chi connectivity index (χ2n) is 5.09. The Morgan fingerprint density at radius 2 is 1.65 bits per heavy atom. The lowest BCUT2D eigenvalue weighted by Gasteiger charge is -2.25. The van der Waals surface area contributed by atoms with Crippen LogP contribution in [-0.4, -0.2) is 29.1 Å². The van der Waals surface area contributed by atoms with Crippen LogP contribution in [0, 0.1) is 39.9 Å². The van der Waals surface area contributed by atoms with Gasteiger partial charge >= 0.3 is 0 Å². The summed E-state index contributed by atoms with van der Waals surface area (Å²) < 4.78 is 0. The maximum absolute atomic E-state index is 9.45. The number of rotatable bonds is 1. The molecule has 3 atom stereocenters. The first-order valence-corrected chi connectivity index (χ1v) is 6.62. The van der Waals surface area contributed by atoms with Crippen LogP contribution in [-0.2, 0) is 0 Å². The van der Waals surface area contributed by atoms with Gasteiger partial charge in [-0.3, -0.25) is 0 Å². The molecule has 0 bridgehead atoms. The van der Waals surface area contributed by atoms with E-state index >= 15 is 0 Å². The van der Waals surface area contributed by atoms with Crippen molar-refractivity contribution in [3.63, 3.8) is 0 Å². The van der Waals surface area contributed by atoms with Gasteiger partial charge in [-0.25, -0.2) is 10.0 Å². The average Bonchev–Trinajstić information content (AvgIpc) is 3.06. The predicted octanol–water partition coefficient (Wildman–Crippen LogP) is 1.57. The minimum Gasteiger partial charge on any atom is -0.232 e. The van der Waals surface area contributed by atoms with Crippen molar-refractivity contribution in [3.8, 4) is 18.2 Å². The van der Waals surface area contributed by atoms with Crippen molar-refractivity contribution in [1.82, 2.24) is 10.0 Å². The van der Waals surface area contributed by atoms with E-state index in [0.29, 0.717) is 5.56 Å². The normalized spacial score (nSPS) is 29.4. The number of hydrogen-bond acceptors (Lipinski definition) is 5. The van der Waals surface area contributed by atoms with Crippen molar-refractivity contribution in [1.29, 1.82) is 15.8 Å². The quantitative estimate of drug-likeness (QED) is 0.768. The van der Waals surface area contributed by atoms with Crippen molar-refractivity contribution < 1.29 is 0 Å². The molecule has 1 aromatic carbocycles. The lowest BCUT2D eigenvalue weighted by atomic mass is 9.89. The number of nitrogens with zero attached hydrogens (tertiary/aromatic N) is 5. The molecule has 2 heterocycles. The zero-order chi connectivity index (χ0) is 14.1. The molecule has 5 heteroatoms. The molecular weight excluding hydrogens is 250 g/mol. The van der Waals surface area contributed by atoms with Gasteiger partial charge in [-0.15, -0.1) is 0 Å². The minimum atomic E-state index is -0.372. The summed E-state index contributed by atoms with van der Waals surface area (Å²) in [4.78, 5) is 0. The highest BCUT2D eigenvalue weighted by atomic mass is 15.7. The molecule has 0 radical (unpaired) electrons. The van der Waals surface area contributed by atoms with E-state index < -0.39 is 0 Å². The van der Waals surface area contributed by atoms with Crippen LogP contribution in [0.15, 0.2) is 24.3 Å². The molecule has 2 aliphatic rings. The lowest BCUT2D eigenvalue weighted by Crippen LogP contribution is -2.35. The van der Waals surface area contributed by atoms with Crippen LogP contribution >= 0.6 is 0 Å². The molecule has 3 unspecified atom stereocenters. The van der Waals surface area contributed by atoms with Crippen molar-refractivity contribution in [2.24, 2.45) is 5.92 Å². The third-order valence-corrected chi connectivity index (χ3v) is 4.09. The summed E-state index contributed by atoms with van der Waals surface area (Å²) in [6, 6.07) is 13.5. The zero-order valence-electron chi connectivity index (χ0n) is 10.9. The fourth-order valence-electron chi connectivity index (χ4n) is 3.22. The Hall–Kier alpha value is -2.39. The van der Waals surface area contributed by atoms with E-state index in [1.165, 1.54) is 0 Å². The standard InChI is InChI=1S/C15H13N5/c16-8-11-2-4-12(5-3-11)15-13(9-17)14(10-18)19-6-1-7-20(15)19/h2-5,13-15H,1,6-7H2. The van der Waals surface area contributed by atoms with Crippen molar-refractivity contribution in [2.75, 3.05) is 13.1 Å². The van der Waals surface area contributed by atoms with Crippen LogP contribution in [0.3, 0.4) is 0 Å². The Morgan fingerprint density at radius 1 is 0.950 bits per heavy atom. The van der Waals surface area contributed by atoms with Crippen LogP contribution in [0.25, 0.3) is 0 Å². The molecular formula is C15H13N5. The third-order valence-electron chi connectivity index (χ3n) is 4.09. The molecule has 2 saturated heterocycles. The van der Waals surface area contributed by atoms with Crippen LogP contribution in [0.1, 0.15) is 23.6 Å². The van der Waals surface area contributed by atoms with Gasteiger partial charge in [0.25, 0.3) is 0 Å². The van der Waals surface area contributed by atoms with Gasteiger partial charge < -0.3 is 0 Å². The number of nitriles is 3. The van der Waals surface area contributed by atoms with E-state index in [9.17, 15) is 10.5 Å². The molecule has 0 aliphatic carbocycles. The summed E-state index contributed by atoms with van der Waals surface area (Å²) in [5.41, 5.74) is 1.61. The topological polar surface area (TPSA) is 77.8 Å². The first kappa shape index (κ1) is 12.6. The van der Waals surface area contributed by atoms with Gasteiger partial charge in [-0.1, -0.05) is 12.1 Å². The highest BCUT2D eigenvalue weighted by molar-refractivity contribution is 5.35. The monoisotopic (exact) mass is 263 g/mol. The van der Waals surface area contributed by atoms with Crippen molar-refractivity contribution in [2.45, 2.75) is 18.5 Å². The largest absolute Gasteiger partial charge is 0.232 e. The van der Waals surface area contributed by atoms with Crippen molar-refractivity contribution >= 4 is 0 Å². The molecule has 0 spiro atoms. The van der Waals surface area contributed by atoms with Gasteiger partial charge in [0.15, 0.2) is 0 Å². The fraction of sp³-hybridized carbons (Fsp3) is 0.400. The molecule has 2 aliphatic heterocycles. The molecule has 1 aromatic rings. The maximum Gasteiger partial charge on any atom is 0.129 e. The molecule has 98 valence electrons. The third kappa shape index (κ3) is 1.75. The van der Waals surface area contributed by atoms with Crippen LogP contribution in [0.5, 0.6) is 0 Å². The second-order valence-corrected chi connectivity index (χ2v) is 5.09. The average molecular weight is 263 g/mol. The maximum atomic E-state index is 9.45. The molecule has 2 fully saturated rings. The molecule has 0 aromatic heterocycles. The number of hydrogen-bond donors (Lipinski definition) is 0. The highest BCUT2D eigenvalue weighted by Gasteiger charge is 2.50. The summed E-state index contributed by atoms with van der Waals surface area (Å²) in [7, 11) is 0. The second kappa shape index (κ2) is 4.94. The minimum absolute atomic E-state index is 0.0834. The SMILES string of the molecule is N#Cc1ccc(C2C(C#N)C(C#N)N3CCCN23)cc1. The Bertz CT molecular complexity index is 630. The van der Waals surface area contributed by atoms with E-state index in [0.717, 1.165) is 25.1 Å². The Balaban J connectivity index is 2.00. The van der Waals surface area contributed by atoms with Crippen molar-refractivity contribution in [3.05, 3.63) is 35.4 Å².